The van der Waals surface area contributed by atoms with Crippen molar-refractivity contribution < 1.29 is 9.29 Å². The van der Waals surface area contributed by atoms with Crippen LogP contribution >= 0.6 is 12.0 Å². The molecule has 2 aliphatic rings. The zero-order valence-electron chi connectivity index (χ0n) is 7.40. The van der Waals surface area contributed by atoms with Gasteiger partial charge in [-0.2, -0.15) is 0 Å². The maximum absolute atomic E-state index is 9.07. The number of aliphatic hydroxyl groups is 1. The Morgan fingerprint density at radius 3 is 2.67 bits per heavy atom. The van der Waals surface area contributed by atoms with Gasteiger partial charge in [0.25, 0.3) is 0 Å². The van der Waals surface area contributed by atoms with Crippen LogP contribution < -0.4 is 0 Å². The molecule has 2 fully saturated rings. The highest BCUT2D eigenvalue weighted by molar-refractivity contribution is 7.95. The second-order valence-corrected chi connectivity index (χ2v) is 5.10. The molecule has 0 saturated heterocycles. The minimum atomic E-state index is 0.394. The summed E-state index contributed by atoms with van der Waals surface area (Å²) < 4.78 is 5.10. The van der Waals surface area contributed by atoms with E-state index in [0.29, 0.717) is 17.8 Å². The predicted octanol–water partition coefficient (Wildman–Crippen LogP) is 1.69. The first-order valence-corrected chi connectivity index (χ1v) is 5.46. The van der Waals surface area contributed by atoms with E-state index >= 15 is 0 Å². The van der Waals surface area contributed by atoms with Crippen molar-refractivity contribution in [3.63, 3.8) is 0 Å². The highest BCUT2D eigenvalue weighted by Gasteiger charge is 2.45. The monoisotopic (exact) mass is 188 g/mol. The average Bonchev–Trinajstić information content (AvgIpc) is 2.62. The summed E-state index contributed by atoms with van der Waals surface area (Å²) in [6.45, 7) is 0.394. The van der Waals surface area contributed by atoms with Gasteiger partial charge in [-0.15, -0.1) is 0 Å². The van der Waals surface area contributed by atoms with E-state index in [0.717, 1.165) is 11.8 Å². The van der Waals surface area contributed by atoms with Crippen LogP contribution in [0.1, 0.15) is 19.3 Å². The molecule has 2 aliphatic carbocycles. The van der Waals surface area contributed by atoms with E-state index in [1.807, 2.05) is 0 Å². The van der Waals surface area contributed by atoms with Gasteiger partial charge in [0, 0.05) is 11.9 Å². The normalized spacial score (nSPS) is 45.5. The Morgan fingerprint density at radius 2 is 2.17 bits per heavy atom. The highest BCUT2D eigenvalue weighted by Crippen LogP contribution is 2.52. The van der Waals surface area contributed by atoms with Crippen molar-refractivity contribution in [1.29, 1.82) is 0 Å². The zero-order valence-corrected chi connectivity index (χ0v) is 8.22. The molecule has 0 heterocycles. The maximum atomic E-state index is 9.07. The van der Waals surface area contributed by atoms with Gasteiger partial charge in [-0.3, -0.25) is 0 Å². The Kier molecular flexibility index (Phi) is 2.63. The number of hydrogen-bond acceptors (Lipinski definition) is 3. The molecule has 12 heavy (non-hydrogen) atoms. The van der Waals surface area contributed by atoms with Crippen LogP contribution in [0, 0.1) is 17.8 Å². The van der Waals surface area contributed by atoms with Gasteiger partial charge in [0.05, 0.1) is 7.11 Å². The molecule has 0 aromatic rings. The molecule has 3 heteroatoms. The lowest BCUT2D eigenvalue weighted by Gasteiger charge is -2.24. The van der Waals surface area contributed by atoms with Gasteiger partial charge in [0.1, 0.15) is 0 Å². The van der Waals surface area contributed by atoms with E-state index < -0.39 is 0 Å². The van der Waals surface area contributed by atoms with E-state index in [-0.39, 0.29) is 0 Å². The quantitative estimate of drug-likeness (QED) is 0.683. The standard InChI is InChI=1S/C9H16O2S/c1-11-12-9-4-6-2-7(9)3-8(6)5-10/h6-10H,2-5H2,1H3. The van der Waals surface area contributed by atoms with Gasteiger partial charge >= 0.3 is 0 Å². The molecule has 0 aromatic carbocycles. The van der Waals surface area contributed by atoms with Crippen molar-refractivity contribution >= 4 is 12.0 Å². The summed E-state index contributed by atoms with van der Waals surface area (Å²) in [5.41, 5.74) is 0. The van der Waals surface area contributed by atoms with Gasteiger partial charge in [0.15, 0.2) is 0 Å². The fourth-order valence-corrected chi connectivity index (χ4v) is 3.76. The van der Waals surface area contributed by atoms with Gasteiger partial charge in [-0.1, -0.05) is 0 Å². The zero-order chi connectivity index (χ0) is 8.55. The summed E-state index contributed by atoms with van der Waals surface area (Å²) in [5, 5.41) is 9.78. The topological polar surface area (TPSA) is 29.5 Å². The van der Waals surface area contributed by atoms with Crippen molar-refractivity contribution in [2.24, 2.45) is 17.8 Å². The molecule has 0 radical (unpaired) electrons. The van der Waals surface area contributed by atoms with E-state index in [1.165, 1.54) is 19.3 Å². The van der Waals surface area contributed by atoms with Gasteiger partial charge in [-0.25, -0.2) is 0 Å². The Morgan fingerprint density at radius 1 is 1.33 bits per heavy atom. The van der Waals surface area contributed by atoms with Gasteiger partial charge in [-0.05, 0) is 49.1 Å². The summed E-state index contributed by atoms with van der Waals surface area (Å²) in [4.78, 5) is 0. The summed E-state index contributed by atoms with van der Waals surface area (Å²) >= 11 is 1.63. The highest BCUT2D eigenvalue weighted by atomic mass is 32.2. The molecule has 70 valence electrons. The van der Waals surface area contributed by atoms with Crippen LogP contribution in [-0.2, 0) is 4.18 Å². The van der Waals surface area contributed by atoms with Gasteiger partial charge < -0.3 is 9.29 Å². The van der Waals surface area contributed by atoms with Crippen LogP contribution in [0.15, 0.2) is 0 Å². The molecule has 0 spiro atoms. The summed E-state index contributed by atoms with van der Waals surface area (Å²) in [7, 11) is 1.75. The molecule has 0 aromatic heterocycles. The van der Waals surface area contributed by atoms with Crippen LogP contribution in [-0.4, -0.2) is 24.1 Å². The largest absolute Gasteiger partial charge is 0.396 e. The third kappa shape index (κ3) is 1.38. The Bertz CT molecular complexity index is 163. The van der Waals surface area contributed by atoms with E-state index in [9.17, 15) is 0 Å². The first-order chi connectivity index (χ1) is 5.85. The molecule has 2 saturated carbocycles. The SMILES string of the molecule is COSC1CC2CC1CC2CO. The van der Waals surface area contributed by atoms with Crippen molar-refractivity contribution in [3.8, 4) is 0 Å². The first kappa shape index (κ1) is 8.85. The van der Waals surface area contributed by atoms with Crippen LogP contribution in [0.2, 0.25) is 0 Å². The maximum Gasteiger partial charge on any atom is 0.0503 e. The van der Waals surface area contributed by atoms with Crippen LogP contribution in [0.25, 0.3) is 0 Å². The molecular formula is C9H16O2S. The third-order valence-corrected chi connectivity index (χ3v) is 4.41. The molecule has 2 nitrogen and oxygen atoms in total. The van der Waals surface area contributed by atoms with E-state index in [1.54, 1.807) is 19.2 Å². The number of hydrogen-bond donors (Lipinski definition) is 1. The van der Waals surface area contributed by atoms with Crippen molar-refractivity contribution in [2.75, 3.05) is 13.7 Å². The fraction of sp³-hybridized carbons (Fsp3) is 1.00. The first-order valence-electron chi connectivity index (χ1n) is 4.65. The van der Waals surface area contributed by atoms with Crippen LogP contribution in [0.5, 0.6) is 0 Å². The Hall–Kier alpha value is 0.270. The van der Waals surface area contributed by atoms with Crippen LogP contribution in [0.4, 0.5) is 0 Å². The second kappa shape index (κ2) is 3.56. The minimum Gasteiger partial charge on any atom is -0.396 e. The summed E-state index contributed by atoms with van der Waals surface area (Å²) in [5.74, 6) is 2.20. The average molecular weight is 188 g/mol. The molecule has 1 N–H and O–H groups in total. The van der Waals surface area contributed by atoms with Gasteiger partial charge in [0.2, 0.25) is 0 Å². The molecule has 2 rings (SSSR count). The summed E-state index contributed by atoms with van der Waals surface area (Å²) in [6.07, 6.45) is 3.81. The number of fused-ring (bicyclic) bond motifs is 2. The van der Waals surface area contributed by atoms with E-state index in [2.05, 4.69) is 0 Å². The smallest absolute Gasteiger partial charge is 0.0503 e. The Balaban J connectivity index is 1.89. The molecule has 4 atom stereocenters. The Labute approximate surface area is 77.9 Å². The lowest BCUT2D eigenvalue weighted by Crippen LogP contribution is -2.21. The third-order valence-electron chi connectivity index (χ3n) is 3.39. The van der Waals surface area contributed by atoms with Crippen LogP contribution in [0.3, 0.4) is 0 Å². The fourth-order valence-electron chi connectivity index (χ4n) is 2.81. The lowest BCUT2D eigenvalue weighted by molar-refractivity contribution is 0.178. The predicted molar refractivity (Wildman–Crippen MR) is 49.8 cm³/mol. The minimum absolute atomic E-state index is 0.394. The number of aliphatic hydroxyl groups excluding tert-OH is 1. The second-order valence-electron chi connectivity index (χ2n) is 3.97. The van der Waals surface area contributed by atoms with Crippen molar-refractivity contribution in [1.82, 2.24) is 0 Å². The molecule has 4 unspecified atom stereocenters. The molecular weight excluding hydrogens is 172 g/mol. The number of rotatable bonds is 3. The summed E-state index contributed by atoms with van der Waals surface area (Å²) in [6, 6.07) is 0. The molecule has 2 bridgehead atoms. The van der Waals surface area contributed by atoms with Crippen molar-refractivity contribution in [3.05, 3.63) is 0 Å². The lowest BCUT2D eigenvalue weighted by atomic mass is 9.89. The molecule has 0 amide bonds. The van der Waals surface area contributed by atoms with Crippen molar-refractivity contribution in [2.45, 2.75) is 24.5 Å². The molecule has 0 aliphatic heterocycles. The van der Waals surface area contributed by atoms with E-state index in [4.69, 9.17) is 9.29 Å².